The summed E-state index contributed by atoms with van der Waals surface area (Å²) in [5.74, 6) is -0.671. The molecule has 1 unspecified atom stereocenters. The van der Waals surface area contributed by atoms with Crippen molar-refractivity contribution in [3.8, 4) is 0 Å². The van der Waals surface area contributed by atoms with Crippen LogP contribution in [0.4, 0.5) is 0 Å². The highest BCUT2D eigenvalue weighted by molar-refractivity contribution is 6.42. The number of hydrogen-bond donors (Lipinski definition) is 0. The van der Waals surface area contributed by atoms with Crippen LogP contribution in [0.15, 0.2) is 61.2 Å². The number of carbonyl (C=O) groups is 1. The van der Waals surface area contributed by atoms with Crippen LogP contribution >= 0.6 is 23.2 Å². The van der Waals surface area contributed by atoms with E-state index in [1.54, 1.807) is 18.2 Å². The molecule has 0 fully saturated rings. The van der Waals surface area contributed by atoms with Crippen molar-refractivity contribution in [2.24, 2.45) is 0 Å². The molecule has 2 rings (SSSR count). The van der Waals surface area contributed by atoms with Crippen molar-refractivity contribution in [3.05, 3.63) is 82.4 Å². The Balaban J connectivity index is 2.25. The largest absolute Gasteiger partial charge is 0.461 e. The average molecular weight is 335 g/mol. The molecule has 0 aromatic heterocycles. The van der Waals surface area contributed by atoms with E-state index >= 15 is 0 Å². The highest BCUT2D eigenvalue weighted by atomic mass is 35.5. The van der Waals surface area contributed by atoms with Crippen LogP contribution < -0.4 is 0 Å². The summed E-state index contributed by atoms with van der Waals surface area (Å²) in [7, 11) is 0. The number of halogens is 2. The lowest BCUT2D eigenvalue weighted by Crippen LogP contribution is -2.18. The Hall–Kier alpha value is -1.77. The monoisotopic (exact) mass is 334 g/mol. The fourth-order valence-corrected chi connectivity index (χ4v) is 2.49. The highest BCUT2D eigenvalue weighted by Crippen LogP contribution is 2.27. The van der Waals surface area contributed by atoms with Crippen molar-refractivity contribution in [2.75, 3.05) is 6.61 Å². The van der Waals surface area contributed by atoms with Gasteiger partial charge in [-0.15, -0.1) is 0 Å². The van der Waals surface area contributed by atoms with Crippen LogP contribution in [0.2, 0.25) is 10.0 Å². The number of benzene rings is 2. The average Bonchev–Trinajstić information content (AvgIpc) is 2.54. The van der Waals surface area contributed by atoms with E-state index in [0.717, 1.165) is 11.1 Å². The second-order valence-electron chi connectivity index (χ2n) is 4.83. The topological polar surface area (TPSA) is 26.3 Å². The summed E-state index contributed by atoms with van der Waals surface area (Å²) < 4.78 is 5.22. The lowest BCUT2D eigenvalue weighted by atomic mass is 9.92. The molecule has 0 N–H and O–H groups in total. The number of hydrogen-bond acceptors (Lipinski definition) is 2. The maximum Gasteiger partial charge on any atom is 0.314 e. The summed E-state index contributed by atoms with van der Waals surface area (Å²) in [6.45, 7) is 3.76. The summed E-state index contributed by atoms with van der Waals surface area (Å²) in [4.78, 5) is 12.3. The fourth-order valence-electron chi connectivity index (χ4n) is 2.17. The van der Waals surface area contributed by atoms with Gasteiger partial charge in [-0.2, -0.15) is 0 Å². The smallest absolute Gasteiger partial charge is 0.314 e. The molecule has 0 saturated carbocycles. The summed E-state index contributed by atoms with van der Waals surface area (Å²) in [5.41, 5.74) is 1.83. The summed E-state index contributed by atoms with van der Waals surface area (Å²) in [5, 5.41) is 0.973. The SMILES string of the molecule is C=CCOC(=O)C(Cc1ccc(Cl)c(Cl)c1)c1ccccc1. The Kier molecular flexibility index (Phi) is 6.05. The molecule has 2 aromatic carbocycles. The van der Waals surface area contributed by atoms with Gasteiger partial charge in [0.15, 0.2) is 0 Å². The molecule has 0 amide bonds. The van der Waals surface area contributed by atoms with Crippen molar-refractivity contribution in [3.63, 3.8) is 0 Å². The van der Waals surface area contributed by atoms with Crippen molar-refractivity contribution in [2.45, 2.75) is 12.3 Å². The third-order valence-electron chi connectivity index (χ3n) is 3.25. The van der Waals surface area contributed by atoms with Crippen molar-refractivity contribution in [1.29, 1.82) is 0 Å². The minimum Gasteiger partial charge on any atom is -0.461 e. The lowest BCUT2D eigenvalue weighted by Gasteiger charge is -2.16. The molecule has 1 atom stereocenters. The number of ether oxygens (including phenoxy) is 1. The van der Waals surface area contributed by atoms with Gasteiger partial charge in [-0.1, -0.05) is 72.3 Å². The highest BCUT2D eigenvalue weighted by Gasteiger charge is 2.22. The maximum absolute atomic E-state index is 12.3. The van der Waals surface area contributed by atoms with Gasteiger partial charge in [0, 0.05) is 0 Å². The lowest BCUT2D eigenvalue weighted by molar-refractivity contribution is -0.144. The molecule has 2 aromatic rings. The van der Waals surface area contributed by atoms with Gasteiger partial charge in [-0.3, -0.25) is 4.79 Å². The van der Waals surface area contributed by atoms with Gasteiger partial charge in [0.1, 0.15) is 6.61 Å². The van der Waals surface area contributed by atoms with Crippen molar-refractivity contribution >= 4 is 29.2 Å². The predicted octanol–water partition coefficient (Wildman–Crippen LogP) is 5.05. The Morgan fingerprint density at radius 2 is 1.86 bits per heavy atom. The van der Waals surface area contributed by atoms with Crippen molar-refractivity contribution in [1.82, 2.24) is 0 Å². The Bertz CT molecular complexity index is 653. The van der Waals surface area contributed by atoms with E-state index in [1.165, 1.54) is 0 Å². The minimum atomic E-state index is -0.390. The second kappa shape index (κ2) is 8.02. The van der Waals surface area contributed by atoms with Gasteiger partial charge >= 0.3 is 5.97 Å². The van der Waals surface area contributed by atoms with Gasteiger partial charge in [-0.05, 0) is 29.7 Å². The Morgan fingerprint density at radius 1 is 1.14 bits per heavy atom. The molecule has 22 heavy (non-hydrogen) atoms. The molecular formula is C18H16Cl2O2. The van der Waals surface area contributed by atoms with Crippen LogP contribution in [-0.4, -0.2) is 12.6 Å². The summed E-state index contributed by atoms with van der Waals surface area (Å²) in [6.07, 6.45) is 2.05. The molecule has 0 aliphatic heterocycles. The zero-order chi connectivity index (χ0) is 15.9. The molecule has 114 valence electrons. The first-order valence-electron chi connectivity index (χ1n) is 6.88. The first-order valence-corrected chi connectivity index (χ1v) is 7.64. The van der Waals surface area contributed by atoms with Crippen LogP contribution in [0.1, 0.15) is 17.0 Å². The van der Waals surface area contributed by atoms with Gasteiger partial charge < -0.3 is 4.74 Å². The van der Waals surface area contributed by atoms with E-state index in [0.29, 0.717) is 16.5 Å². The number of rotatable bonds is 6. The van der Waals surface area contributed by atoms with Gasteiger partial charge in [-0.25, -0.2) is 0 Å². The second-order valence-corrected chi connectivity index (χ2v) is 5.65. The van der Waals surface area contributed by atoms with E-state index in [1.807, 2.05) is 36.4 Å². The maximum atomic E-state index is 12.3. The van der Waals surface area contributed by atoms with Gasteiger partial charge in [0.2, 0.25) is 0 Å². The van der Waals surface area contributed by atoms with E-state index < -0.39 is 5.92 Å². The number of carbonyl (C=O) groups excluding carboxylic acids is 1. The van der Waals surface area contributed by atoms with Gasteiger partial charge in [0.05, 0.1) is 16.0 Å². The molecule has 4 heteroatoms. The van der Waals surface area contributed by atoms with E-state index in [4.69, 9.17) is 27.9 Å². The van der Waals surface area contributed by atoms with Crippen LogP contribution in [0.3, 0.4) is 0 Å². The van der Waals surface area contributed by atoms with E-state index in [2.05, 4.69) is 6.58 Å². The molecule has 0 bridgehead atoms. The Morgan fingerprint density at radius 3 is 2.50 bits per heavy atom. The van der Waals surface area contributed by atoms with Crippen LogP contribution in [0.25, 0.3) is 0 Å². The molecule has 0 spiro atoms. The van der Waals surface area contributed by atoms with Gasteiger partial charge in [0.25, 0.3) is 0 Å². The zero-order valence-electron chi connectivity index (χ0n) is 12.0. The predicted molar refractivity (Wildman–Crippen MR) is 90.5 cm³/mol. The third-order valence-corrected chi connectivity index (χ3v) is 3.99. The molecule has 0 saturated heterocycles. The van der Waals surface area contributed by atoms with Crippen LogP contribution in [-0.2, 0) is 16.0 Å². The van der Waals surface area contributed by atoms with Crippen LogP contribution in [0.5, 0.6) is 0 Å². The minimum absolute atomic E-state index is 0.198. The molecule has 0 radical (unpaired) electrons. The summed E-state index contributed by atoms with van der Waals surface area (Å²) in [6, 6.07) is 14.9. The quantitative estimate of drug-likeness (QED) is 0.545. The first kappa shape index (κ1) is 16.6. The normalized spacial score (nSPS) is 11.7. The van der Waals surface area contributed by atoms with E-state index in [-0.39, 0.29) is 12.6 Å². The number of esters is 1. The summed E-state index contributed by atoms with van der Waals surface area (Å²) >= 11 is 12.0. The molecule has 0 heterocycles. The van der Waals surface area contributed by atoms with Crippen molar-refractivity contribution < 1.29 is 9.53 Å². The molecular weight excluding hydrogens is 319 g/mol. The van der Waals surface area contributed by atoms with E-state index in [9.17, 15) is 4.79 Å². The fraction of sp³-hybridized carbons (Fsp3) is 0.167. The molecule has 0 aliphatic rings. The standard InChI is InChI=1S/C18H16Cl2O2/c1-2-10-22-18(21)15(14-6-4-3-5-7-14)11-13-8-9-16(19)17(20)12-13/h2-9,12,15H,1,10-11H2. The zero-order valence-corrected chi connectivity index (χ0v) is 13.5. The molecule has 2 nitrogen and oxygen atoms in total. The first-order chi connectivity index (χ1) is 10.6. The molecule has 0 aliphatic carbocycles. The third kappa shape index (κ3) is 4.36. The Labute approximate surface area is 140 Å². The van der Waals surface area contributed by atoms with Crippen LogP contribution in [0, 0.1) is 0 Å².